The zero-order chi connectivity index (χ0) is 18.4. The lowest BCUT2D eigenvalue weighted by atomic mass is 10.1. The molecule has 0 saturated carbocycles. The number of anilines is 1. The average Bonchev–Trinajstić information content (AvgIpc) is 2.56. The van der Waals surface area contributed by atoms with Gasteiger partial charge in [-0.05, 0) is 44.0 Å². The van der Waals surface area contributed by atoms with Gasteiger partial charge in [0.25, 0.3) is 5.91 Å². The van der Waals surface area contributed by atoms with E-state index in [1.165, 1.54) is 25.1 Å². The molecule has 2 aromatic carbocycles. The Morgan fingerprint density at radius 1 is 1.08 bits per heavy atom. The maximum Gasteiger partial charge on any atom is 0.344 e. The number of nitrogens with one attached hydrogen (secondary N) is 1. The van der Waals surface area contributed by atoms with E-state index in [0.717, 1.165) is 11.1 Å². The van der Waals surface area contributed by atoms with Crippen LogP contribution in [0.1, 0.15) is 18.1 Å². The highest BCUT2D eigenvalue weighted by molar-refractivity contribution is 5.95. The number of carbonyl (C=O) groups excluding carboxylic acids is 2. The number of hydrogen-bond donors (Lipinski definition) is 1. The van der Waals surface area contributed by atoms with Crippen LogP contribution in [-0.2, 0) is 14.3 Å². The maximum absolute atomic E-state index is 13.5. The van der Waals surface area contributed by atoms with E-state index in [1.807, 2.05) is 32.0 Å². The van der Waals surface area contributed by atoms with Crippen LogP contribution >= 0.6 is 0 Å². The largest absolute Gasteiger partial charge is 0.481 e. The van der Waals surface area contributed by atoms with E-state index in [-0.39, 0.29) is 12.3 Å². The summed E-state index contributed by atoms with van der Waals surface area (Å²) in [5, 5.41) is 2.38. The summed E-state index contributed by atoms with van der Waals surface area (Å²) in [5.74, 6) is -1.25. The molecule has 0 fully saturated rings. The van der Waals surface area contributed by atoms with Crippen molar-refractivity contribution in [1.82, 2.24) is 0 Å². The molecule has 0 saturated heterocycles. The molecule has 2 aromatic rings. The summed E-state index contributed by atoms with van der Waals surface area (Å²) in [6.07, 6.45) is -1.08. The molecule has 1 N–H and O–H groups in total. The molecule has 1 amide bonds. The van der Waals surface area contributed by atoms with Gasteiger partial charge in [0.1, 0.15) is 11.6 Å². The van der Waals surface area contributed by atoms with Crippen molar-refractivity contribution in [3.8, 4) is 5.75 Å². The molecule has 2 rings (SSSR count). The zero-order valence-electron chi connectivity index (χ0n) is 14.3. The molecule has 1 atom stereocenters. The van der Waals surface area contributed by atoms with Gasteiger partial charge in [-0.15, -0.1) is 0 Å². The summed E-state index contributed by atoms with van der Waals surface area (Å²) in [5.41, 5.74) is 1.83. The van der Waals surface area contributed by atoms with Crippen LogP contribution in [0.2, 0.25) is 0 Å². The van der Waals surface area contributed by atoms with Crippen molar-refractivity contribution in [2.75, 3.05) is 11.9 Å². The van der Waals surface area contributed by atoms with Gasteiger partial charge in [-0.1, -0.05) is 30.3 Å². The molecule has 0 radical (unpaired) electrons. The third-order valence-electron chi connectivity index (χ3n) is 3.55. The van der Waals surface area contributed by atoms with Crippen molar-refractivity contribution in [2.24, 2.45) is 0 Å². The summed E-state index contributed by atoms with van der Waals surface area (Å²) in [7, 11) is 0. The van der Waals surface area contributed by atoms with E-state index < -0.39 is 23.8 Å². The molecule has 25 heavy (non-hydrogen) atoms. The van der Waals surface area contributed by atoms with Crippen LogP contribution in [0, 0.1) is 19.7 Å². The lowest BCUT2D eigenvalue weighted by Gasteiger charge is -2.15. The Bertz CT molecular complexity index is 756. The first-order chi connectivity index (χ1) is 11.9. The lowest BCUT2D eigenvalue weighted by Crippen LogP contribution is -2.32. The SMILES string of the molecule is Cc1cccc(C)c1OCC(=O)OC(C)C(=O)Nc1ccccc1F. The van der Waals surface area contributed by atoms with Gasteiger partial charge >= 0.3 is 5.97 Å². The van der Waals surface area contributed by atoms with Crippen molar-refractivity contribution in [1.29, 1.82) is 0 Å². The van der Waals surface area contributed by atoms with Crippen LogP contribution in [-0.4, -0.2) is 24.6 Å². The van der Waals surface area contributed by atoms with E-state index in [9.17, 15) is 14.0 Å². The molecular formula is C19H20FNO4. The first-order valence-electron chi connectivity index (χ1n) is 7.82. The van der Waals surface area contributed by atoms with E-state index in [1.54, 1.807) is 6.07 Å². The molecule has 0 aliphatic carbocycles. The van der Waals surface area contributed by atoms with Crippen LogP contribution in [0.4, 0.5) is 10.1 Å². The summed E-state index contributed by atoms with van der Waals surface area (Å²) >= 11 is 0. The monoisotopic (exact) mass is 345 g/mol. The molecule has 0 bridgehead atoms. The van der Waals surface area contributed by atoms with Gasteiger partial charge < -0.3 is 14.8 Å². The van der Waals surface area contributed by atoms with Crippen molar-refractivity contribution in [2.45, 2.75) is 26.9 Å². The molecule has 0 aliphatic rings. The number of aryl methyl sites for hydroxylation is 2. The van der Waals surface area contributed by atoms with E-state index in [4.69, 9.17) is 9.47 Å². The minimum absolute atomic E-state index is 0.0298. The molecule has 0 aromatic heterocycles. The second-order valence-corrected chi connectivity index (χ2v) is 5.61. The lowest BCUT2D eigenvalue weighted by molar-refractivity contribution is -0.155. The number of hydrogen-bond acceptors (Lipinski definition) is 4. The minimum Gasteiger partial charge on any atom is -0.481 e. The van der Waals surface area contributed by atoms with Crippen LogP contribution < -0.4 is 10.1 Å². The summed E-state index contributed by atoms with van der Waals surface area (Å²) in [6, 6.07) is 11.4. The van der Waals surface area contributed by atoms with Crippen LogP contribution in [0.15, 0.2) is 42.5 Å². The van der Waals surface area contributed by atoms with E-state index >= 15 is 0 Å². The van der Waals surface area contributed by atoms with Crippen molar-refractivity contribution >= 4 is 17.6 Å². The smallest absolute Gasteiger partial charge is 0.344 e. The topological polar surface area (TPSA) is 64.6 Å². The fourth-order valence-electron chi connectivity index (χ4n) is 2.24. The third kappa shape index (κ3) is 5.04. The van der Waals surface area contributed by atoms with Gasteiger partial charge in [-0.25, -0.2) is 9.18 Å². The number of esters is 1. The van der Waals surface area contributed by atoms with Crippen LogP contribution in [0.25, 0.3) is 0 Å². The summed E-state index contributed by atoms with van der Waals surface area (Å²) < 4.78 is 24.0. The van der Waals surface area contributed by atoms with Gasteiger partial charge in [0.05, 0.1) is 5.69 Å². The fourth-order valence-corrected chi connectivity index (χ4v) is 2.24. The number of carbonyl (C=O) groups is 2. The maximum atomic E-state index is 13.5. The number of para-hydroxylation sites is 2. The third-order valence-corrected chi connectivity index (χ3v) is 3.55. The van der Waals surface area contributed by atoms with Crippen molar-refractivity contribution in [3.05, 3.63) is 59.4 Å². The van der Waals surface area contributed by atoms with Gasteiger partial charge in [0.2, 0.25) is 0 Å². The Balaban J connectivity index is 1.87. The van der Waals surface area contributed by atoms with Gasteiger partial charge in [-0.2, -0.15) is 0 Å². The van der Waals surface area contributed by atoms with E-state index in [0.29, 0.717) is 5.75 Å². The Hall–Kier alpha value is -2.89. The second-order valence-electron chi connectivity index (χ2n) is 5.61. The van der Waals surface area contributed by atoms with Crippen LogP contribution in [0.3, 0.4) is 0 Å². The number of ether oxygens (including phenoxy) is 2. The summed E-state index contributed by atoms with van der Waals surface area (Å²) in [6.45, 7) is 4.84. The molecule has 0 heterocycles. The highest BCUT2D eigenvalue weighted by Gasteiger charge is 2.19. The Labute approximate surface area is 145 Å². The number of halogens is 1. The Morgan fingerprint density at radius 3 is 2.36 bits per heavy atom. The average molecular weight is 345 g/mol. The summed E-state index contributed by atoms with van der Waals surface area (Å²) in [4.78, 5) is 23.9. The normalized spacial score (nSPS) is 11.5. The number of rotatable bonds is 6. The van der Waals surface area contributed by atoms with Gasteiger partial charge in [0.15, 0.2) is 12.7 Å². The molecule has 0 spiro atoms. The minimum atomic E-state index is -1.08. The predicted octanol–water partition coefficient (Wildman–Crippen LogP) is 3.39. The number of benzene rings is 2. The highest BCUT2D eigenvalue weighted by atomic mass is 19.1. The van der Waals surface area contributed by atoms with E-state index in [2.05, 4.69) is 5.32 Å². The standard InChI is InChI=1S/C19H20FNO4/c1-12-7-6-8-13(2)18(12)24-11-17(22)25-14(3)19(23)21-16-10-5-4-9-15(16)20/h4-10,14H,11H2,1-3H3,(H,21,23). The zero-order valence-corrected chi connectivity index (χ0v) is 14.3. The molecule has 6 heteroatoms. The molecular weight excluding hydrogens is 325 g/mol. The highest BCUT2D eigenvalue weighted by Crippen LogP contribution is 2.22. The number of amides is 1. The Morgan fingerprint density at radius 2 is 1.72 bits per heavy atom. The fraction of sp³-hybridized carbons (Fsp3) is 0.263. The molecule has 132 valence electrons. The second kappa shape index (κ2) is 8.28. The molecule has 5 nitrogen and oxygen atoms in total. The quantitative estimate of drug-likeness (QED) is 0.815. The predicted molar refractivity (Wildman–Crippen MR) is 92.0 cm³/mol. The van der Waals surface area contributed by atoms with Crippen LogP contribution in [0.5, 0.6) is 5.75 Å². The molecule has 0 aliphatic heterocycles. The van der Waals surface area contributed by atoms with Gasteiger partial charge in [0, 0.05) is 0 Å². The van der Waals surface area contributed by atoms with Gasteiger partial charge in [-0.3, -0.25) is 4.79 Å². The van der Waals surface area contributed by atoms with Crippen molar-refractivity contribution in [3.63, 3.8) is 0 Å². The first kappa shape index (κ1) is 18.4. The molecule has 1 unspecified atom stereocenters. The first-order valence-corrected chi connectivity index (χ1v) is 7.82. The van der Waals surface area contributed by atoms with Crippen molar-refractivity contribution < 1.29 is 23.5 Å². The Kier molecular flexibility index (Phi) is 6.11.